The molecular formula is C26H18N2O3. The lowest BCUT2D eigenvalue weighted by molar-refractivity contribution is 0.0991. The number of anilines is 2. The smallest absolute Gasteiger partial charge is 0.259 e. The standard InChI is InChI=1S/C26H18N2O3/c29-25(27-21-11-9-17-5-1-3-7-19(17)13-21)23-15-31-16-24(23)26(30)28-22-12-10-18-6-2-4-8-20(18)14-22/h1-16H,(H,27,29)(H,28,30). The molecule has 0 radical (unpaired) electrons. The predicted octanol–water partition coefficient (Wildman–Crippen LogP) is 6.09. The number of carbonyl (C=O) groups is 2. The van der Waals surface area contributed by atoms with E-state index >= 15 is 0 Å². The summed E-state index contributed by atoms with van der Waals surface area (Å²) in [6, 6.07) is 27.1. The number of fused-ring (bicyclic) bond motifs is 2. The van der Waals surface area contributed by atoms with Gasteiger partial charge in [0.25, 0.3) is 11.8 Å². The van der Waals surface area contributed by atoms with Crippen molar-refractivity contribution in [2.75, 3.05) is 10.6 Å². The van der Waals surface area contributed by atoms with Crippen LogP contribution in [0.3, 0.4) is 0 Å². The molecule has 2 amide bonds. The molecule has 1 heterocycles. The highest BCUT2D eigenvalue weighted by Crippen LogP contribution is 2.22. The molecule has 0 bridgehead atoms. The highest BCUT2D eigenvalue weighted by Gasteiger charge is 2.20. The van der Waals surface area contributed by atoms with Crippen LogP contribution in [-0.2, 0) is 0 Å². The zero-order valence-electron chi connectivity index (χ0n) is 16.5. The summed E-state index contributed by atoms with van der Waals surface area (Å²) in [5.74, 6) is -0.819. The Morgan fingerprint density at radius 2 is 0.968 bits per heavy atom. The van der Waals surface area contributed by atoms with Gasteiger partial charge in [0.1, 0.15) is 12.5 Å². The first-order chi connectivity index (χ1) is 15.2. The van der Waals surface area contributed by atoms with Gasteiger partial charge in [-0.2, -0.15) is 0 Å². The van der Waals surface area contributed by atoms with Crippen LogP contribution >= 0.6 is 0 Å². The van der Waals surface area contributed by atoms with E-state index < -0.39 is 11.8 Å². The second kappa shape index (κ2) is 7.80. The molecule has 0 saturated heterocycles. The molecule has 150 valence electrons. The van der Waals surface area contributed by atoms with Gasteiger partial charge in [-0.3, -0.25) is 9.59 Å². The maximum atomic E-state index is 12.8. The average molecular weight is 406 g/mol. The van der Waals surface area contributed by atoms with Crippen molar-refractivity contribution in [2.45, 2.75) is 0 Å². The van der Waals surface area contributed by atoms with E-state index in [1.54, 1.807) is 0 Å². The van der Waals surface area contributed by atoms with E-state index in [4.69, 9.17) is 4.42 Å². The van der Waals surface area contributed by atoms with E-state index in [1.165, 1.54) is 12.5 Å². The summed E-state index contributed by atoms with van der Waals surface area (Å²) < 4.78 is 5.18. The van der Waals surface area contributed by atoms with Crippen LogP contribution in [0.1, 0.15) is 20.7 Å². The summed E-state index contributed by atoms with van der Waals surface area (Å²) in [5, 5.41) is 9.88. The fourth-order valence-corrected chi connectivity index (χ4v) is 3.58. The van der Waals surface area contributed by atoms with E-state index in [0.29, 0.717) is 11.4 Å². The van der Waals surface area contributed by atoms with Gasteiger partial charge in [0.15, 0.2) is 0 Å². The molecule has 0 unspecified atom stereocenters. The highest BCUT2D eigenvalue weighted by molar-refractivity contribution is 6.15. The zero-order chi connectivity index (χ0) is 21.2. The largest absolute Gasteiger partial charge is 0.471 e. The summed E-state index contributed by atoms with van der Waals surface area (Å²) in [5.41, 5.74) is 1.63. The molecule has 0 spiro atoms. The number of rotatable bonds is 4. The van der Waals surface area contributed by atoms with Gasteiger partial charge >= 0.3 is 0 Å². The van der Waals surface area contributed by atoms with Crippen molar-refractivity contribution >= 4 is 44.7 Å². The molecule has 0 aliphatic heterocycles. The number of furan rings is 1. The minimum atomic E-state index is -0.410. The number of hydrogen-bond donors (Lipinski definition) is 2. The molecular weight excluding hydrogens is 388 g/mol. The van der Waals surface area contributed by atoms with Gasteiger partial charge in [-0.1, -0.05) is 60.7 Å². The maximum absolute atomic E-state index is 12.8. The molecule has 4 aromatic carbocycles. The second-order valence-corrected chi connectivity index (χ2v) is 7.23. The molecule has 5 heteroatoms. The number of hydrogen-bond acceptors (Lipinski definition) is 3. The van der Waals surface area contributed by atoms with Crippen molar-refractivity contribution in [3.8, 4) is 0 Å². The molecule has 1 aromatic heterocycles. The van der Waals surface area contributed by atoms with E-state index in [9.17, 15) is 9.59 Å². The Kier molecular flexibility index (Phi) is 4.69. The molecule has 0 aliphatic carbocycles. The molecule has 0 saturated carbocycles. The average Bonchev–Trinajstić information content (AvgIpc) is 3.29. The van der Waals surface area contributed by atoms with Crippen LogP contribution in [0.4, 0.5) is 11.4 Å². The lowest BCUT2D eigenvalue weighted by Gasteiger charge is -2.08. The lowest BCUT2D eigenvalue weighted by atomic mass is 10.1. The van der Waals surface area contributed by atoms with Crippen molar-refractivity contribution in [1.82, 2.24) is 0 Å². The summed E-state index contributed by atoms with van der Waals surface area (Å²) in [7, 11) is 0. The first-order valence-corrected chi connectivity index (χ1v) is 9.84. The first kappa shape index (κ1) is 18.6. The van der Waals surface area contributed by atoms with Gasteiger partial charge < -0.3 is 15.1 Å². The third kappa shape index (κ3) is 3.76. The Labute approximate surface area is 178 Å². The van der Waals surface area contributed by atoms with E-state index in [-0.39, 0.29) is 11.1 Å². The third-order valence-corrected chi connectivity index (χ3v) is 5.17. The van der Waals surface area contributed by atoms with Gasteiger partial charge in [0.05, 0.1) is 11.1 Å². The summed E-state index contributed by atoms with van der Waals surface area (Å²) in [4.78, 5) is 25.6. The minimum absolute atomic E-state index is 0.173. The van der Waals surface area contributed by atoms with Crippen molar-refractivity contribution in [3.63, 3.8) is 0 Å². The predicted molar refractivity (Wildman–Crippen MR) is 123 cm³/mol. The molecule has 5 aromatic rings. The van der Waals surface area contributed by atoms with E-state index in [0.717, 1.165) is 21.5 Å². The number of benzene rings is 4. The van der Waals surface area contributed by atoms with E-state index in [1.807, 2.05) is 84.9 Å². The molecule has 5 rings (SSSR count). The van der Waals surface area contributed by atoms with Crippen molar-refractivity contribution in [3.05, 3.63) is 109 Å². The molecule has 5 nitrogen and oxygen atoms in total. The first-order valence-electron chi connectivity index (χ1n) is 9.84. The molecule has 0 atom stereocenters. The quantitative estimate of drug-likeness (QED) is 0.379. The van der Waals surface area contributed by atoms with Gasteiger partial charge in [-0.25, -0.2) is 0 Å². The fraction of sp³-hybridized carbons (Fsp3) is 0. The Balaban J connectivity index is 1.36. The lowest BCUT2D eigenvalue weighted by Crippen LogP contribution is -2.18. The number of amides is 2. The summed E-state index contributed by atoms with van der Waals surface area (Å²) in [6.45, 7) is 0. The Morgan fingerprint density at radius 3 is 1.42 bits per heavy atom. The fourth-order valence-electron chi connectivity index (χ4n) is 3.58. The van der Waals surface area contributed by atoms with E-state index in [2.05, 4.69) is 10.6 Å². The van der Waals surface area contributed by atoms with Crippen molar-refractivity contribution < 1.29 is 14.0 Å². The van der Waals surface area contributed by atoms with Crippen LogP contribution < -0.4 is 10.6 Å². The van der Waals surface area contributed by atoms with Crippen molar-refractivity contribution in [2.24, 2.45) is 0 Å². The normalized spacial score (nSPS) is 10.8. The summed E-state index contributed by atoms with van der Waals surface area (Å²) >= 11 is 0. The minimum Gasteiger partial charge on any atom is -0.471 e. The summed E-state index contributed by atoms with van der Waals surface area (Å²) in [6.07, 6.45) is 2.57. The molecule has 0 fully saturated rings. The van der Waals surface area contributed by atoms with Crippen LogP contribution in [0, 0.1) is 0 Å². The van der Waals surface area contributed by atoms with Gasteiger partial charge in [-0.15, -0.1) is 0 Å². The van der Waals surface area contributed by atoms with Gasteiger partial charge in [0, 0.05) is 11.4 Å². The maximum Gasteiger partial charge on any atom is 0.259 e. The molecule has 31 heavy (non-hydrogen) atoms. The Morgan fingerprint density at radius 1 is 0.548 bits per heavy atom. The van der Waals surface area contributed by atoms with Gasteiger partial charge in [-0.05, 0) is 45.8 Å². The van der Waals surface area contributed by atoms with Crippen LogP contribution in [0.5, 0.6) is 0 Å². The van der Waals surface area contributed by atoms with Crippen LogP contribution in [0.15, 0.2) is 102 Å². The third-order valence-electron chi connectivity index (χ3n) is 5.17. The zero-order valence-corrected chi connectivity index (χ0v) is 16.5. The van der Waals surface area contributed by atoms with Crippen LogP contribution in [0.25, 0.3) is 21.5 Å². The second-order valence-electron chi connectivity index (χ2n) is 7.23. The Hall–Kier alpha value is -4.38. The van der Waals surface area contributed by atoms with Crippen LogP contribution in [0.2, 0.25) is 0 Å². The monoisotopic (exact) mass is 406 g/mol. The molecule has 0 aliphatic rings. The van der Waals surface area contributed by atoms with Gasteiger partial charge in [0.2, 0.25) is 0 Å². The van der Waals surface area contributed by atoms with Crippen molar-refractivity contribution in [1.29, 1.82) is 0 Å². The number of nitrogens with one attached hydrogen (secondary N) is 2. The highest BCUT2D eigenvalue weighted by atomic mass is 16.3. The molecule has 2 N–H and O–H groups in total. The topological polar surface area (TPSA) is 71.3 Å². The number of carbonyl (C=O) groups excluding carboxylic acids is 2. The van der Waals surface area contributed by atoms with Crippen LogP contribution in [-0.4, -0.2) is 11.8 Å². The Bertz CT molecular complexity index is 1330. The SMILES string of the molecule is O=C(Nc1ccc2ccccc2c1)c1cocc1C(=O)Nc1ccc2ccccc2c1.